The van der Waals surface area contributed by atoms with Crippen molar-refractivity contribution in [3.05, 3.63) is 28.8 Å². The maximum Gasteiger partial charge on any atom is 0.0765 e. The monoisotopic (exact) mass is 243 g/mol. The van der Waals surface area contributed by atoms with Gasteiger partial charge in [0.05, 0.1) is 12.2 Å². The minimum absolute atomic E-state index is 0.0634. The highest BCUT2D eigenvalue weighted by Crippen LogP contribution is 2.24. The molecule has 0 spiro atoms. The van der Waals surface area contributed by atoms with Gasteiger partial charge in [-0.2, -0.15) is 0 Å². The zero-order valence-corrected chi connectivity index (χ0v) is 10.6. The highest BCUT2D eigenvalue weighted by atomic mass is 35.5. The van der Waals surface area contributed by atoms with Crippen molar-refractivity contribution in [2.45, 2.75) is 26.1 Å². The molecule has 0 heterocycles. The summed E-state index contributed by atoms with van der Waals surface area (Å²) in [6.07, 6.45) is 0. The lowest BCUT2D eigenvalue weighted by Gasteiger charge is -2.28. The zero-order chi connectivity index (χ0) is 12.3. The fourth-order valence-electron chi connectivity index (χ4n) is 1.72. The number of anilines is 1. The van der Waals surface area contributed by atoms with Gasteiger partial charge in [-0.15, -0.1) is 0 Å². The topological polar surface area (TPSA) is 43.7 Å². The molecule has 4 heteroatoms. The van der Waals surface area contributed by atoms with Crippen molar-refractivity contribution in [1.82, 2.24) is 0 Å². The van der Waals surface area contributed by atoms with E-state index >= 15 is 0 Å². The van der Waals surface area contributed by atoms with E-state index in [-0.39, 0.29) is 6.61 Å². The molecular formula is C12H18ClNO2. The predicted molar refractivity (Wildman–Crippen MR) is 66.9 cm³/mol. The molecule has 0 aromatic heterocycles. The molecule has 90 valence electrons. The molecule has 1 aromatic rings. The quantitative estimate of drug-likeness (QED) is 0.851. The Morgan fingerprint density at radius 2 is 2.00 bits per heavy atom. The third-order valence-corrected chi connectivity index (χ3v) is 2.48. The van der Waals surface area contributed by atoms with Gasteiger partial charge in [0.15, 0.2) is 0 Å². The SMILES string of the molecule is CN(CC(C)(C)O)c1ccc(Cl)cc1CO. The van der Waals surface area contributed by atoms with Crippen molar-refractivity contribution in [3.63, 3.8) is 0 Å². The molecule has 0 atom stereocenters. The van der Waals surface area contributed by atoms with Gasteiger partial charge >= 0.3 is 0 Å². The number of aliphatic hydroxyl groups excluding tert-OH is 1. The molecular weight excluding hydrogens is 226 g/mol. The van der Waals surface area contributed by atoms with Crippen molar-refractivity contribution in [1.29, 1.82) is 0 Å². The number of aliphatic hydroxyl groups is 2. The van der Waals surface area contributed by atoms with Crippen LogP contribution in [-0.4, -0.2) is 29.4 Å². The molecule has 0 saturated carbocycles. The van der Waals surface area contributed by atoms with Crippen LogP contribution < -0.4 is 4.90 Å². The maximum atomic E-state index is 9.74. The van der Waals surface area contributed by atoms with Gasteiger partial charge < -0.3 is 15.1 Å². The predicted octanol–water partition coefficient (Wildman–Crippen LogP) is 2.04. The lowest BCUT2D eigenvalue weighted by Crippen LogP contribution is -2.36. The smallest absolute Gasteiger partial charge is 0.0765 e. The molecule has 0 radical (unpaired) electrons. The van der Waals surface area contributed by atoms with E-state index in [4.69, 9.17) is 11.6 Å². The van der Waals surface area contributed by atoms with E-state index in [0.717, 1.165) is 11.3 Å². The molecule has 0 saturated heterocycles. The lowest BCUT2D eigenvalue weighted by atomic mass is 10.1. The van der Waals surface area contributed by atoms with E-state index in [9.17, 15) is 10.2 Å². The number of hydrogen-bond acceptors (Lipinski definition) is 3. The summed E-state index contributed by atoms with van der Waals surface area (Å²) in [5.74, 6) is 0. The molecule has 0 aliphatic carbocycles. The van der Waals surface area contributed by atoms with E-state index in [2.05, 4.69) is 0 Å². The minimum atomic E-state index is -0.777. The van der Waals surface area contributed by atoms with Crippen molar-refractivity contribution in [2.75, 3.05) is 18.5 Å². The van der Waals surface area contributed by atoms with Gasteiger partial charge in [0.25, 0.3) is 0 Å². The highest BCUT2D eigenvalue weighted by Gasteiger charge is 2.17. The van der Waals surface area contributed by atoms with Gasteiger partial charge in [0.1, 0.15) is 0 Å². The summed E-state index contributed by atoms with van der Waals surface area (Å²) >= 11 is 5.85. The summed E-state index contributed by atoms with van der Waals surface area (Å²) in [5.41, 5.74) is 0.870. The number of benzene rings is 1. The molecule has 0 aliphatic rings. The molecule has 0 aliphatic heterocycles. The Morgan fingerprint density at radius 1 is 1.38 bits per heavy atom. The van der Waals surface area contributed by atoms with Crippen LogP contribution >= 0.6 is 11.6 Å². The summed E-state index contributed by atoms with van der Waals surface area (Å²) in [5, 5.41) is 19.6. The Labute approximate surface area is 101 Å². The van der Waals surface area contributed by atoms with E-state index in [0.29, 0.717) is 11.6 Å². The summed E-state index contributed by atoms with van der Waals surface area (Å²) in [4.78, 5) is 1.90. The first-order valence-electron chi connectivity index (χ1n) is 5.16. The van der Waals surface area contributed by atoms with Gasteiger partial charge in [-0.1, -0.05) is 11.6 Å². The van der Waals surface area contributed by atoms with E-state index in [1.807, 2.05) is 18.0 Å². The Morgan fingerprint density at radius 3 is 2.50 bits per heavy atom. The molecule has 0 unspecified atom stereocenters. The molecule has 16 heavy (non-hydrogen) atoms. The average molecular weight is 244 g/mol. The summed E-state index contributed by atoms with van der Waals surface area (Å²) in [7, 11) is 1.88. The molecule has 2 N–H and O–H groups in total. The molecule has 0 bridgehead atoms. The van der Waals surface area contributed by atoms with Crippen molar-refractivity contribution < 1.29 is 10.2 Å². The standard InChI is InChI=1S/C12H18ClNO2/c1-12(2,16)8-14(3)11-5-4-10(13)6-9(11)7-15/h4-6,15-16H,7-8H2,1-3H3. The van der Waals surface area contributed by atoms with Crippen LogP contribution in [0.15, 0.2) is 18.2 Å². The molecule has 0 amide bonds. The second-order valence-electron chi connectivity index (χ2n) is 4.60. The number of hydrogen-bond donors (Lipinski definition) is 2. The first-order valence-corrected chi connectivity index (χ1v) is 5.54. The van der Waals surface area contributed by atoms with E-state index in [1.54, 1.807) is 26.0 Å². The fourth-order valence-corrected chi connectivity index (χ4v) is 1.91. The van der Waals surface area contributed by atoms with Gasteiger partial charge in [0, 0.05) is 29.9 Å². The van der Waals surface area contributed by atoms with Gasteiger partial charge in [-0.25, -0.2) is 0 Å². The summed E-state index contributed by atoms with van der Waals surface area (Å²) in [6, 6.07) is 5.36. The molecule has 1 aromatic carbocycles. The van der Waals surface area contributed by atoms with Gasteiger partial charge in [-0.05, 0) is 32.0 Å². The van der Waals surface area contributed by atoms with Crippen LogP contribution in [-0.2, 0) is 6.61 Å². The normalized spacial score (nSPS) is 11.6. The van der Waals surface area contributed by atoms with Crippen LogP contribution in [0.3, 0.4) is 0 Å². The second kappa shape index (κ2) is 5.04. The first kappa shape index (κ1) is 13.3. The number of halogens is 1. The fraction of sp³-hybridized carbons (Fsp3) is 0.500. The van der Waals surface area contributed by atoms with Crippen LogP contribution in [0.1, 0.15) is 19.4 Å². The maximum absolute atomic E-state index is 9.74. The number of likely N-dealkylation sites (N-methyl/N-ethyl adjacent to an activating group) is 1. The van der Waals surface area contributed by atoms with E-state index < -0.39 is 5.60 Å². The van der Waals surface area contributed by atoms with Crippen molar-refractivity contribution in [2.24, 2.45) is 0 Å². The van der Waals surface area contributed by atoms with Crippen LogP contribution in [0.5, 0.6) is 0 Å². The third-order valence-electron chi connectivity index (χ3n) is 2.25. The average Bonchev–Trinajstić information content (AvgIpc) is 2.14. The minimum Gasteiger partial charge on any atom is -0.392 e. The van der Waals surface area contributed by atoms with Crippen LogP contribution in [0.4, 0.5) is 5.69 Å². The molecule has 1 rings (SSSR count). The Balaban J connectivity index is 2.94. The Kier molecular flexibility index (Phi) is 4.19. The van der Waals surface area contributed by atoms with Crippen molar-refractivity contribution >= 4 is 17.3 Å². The van der Waals surface area contributed by atoms with Crippen LogP contribution in [0.25, 0.3) is 0 Å². The molecule has 0 fully saturated rings. The largest absolute Gasteiger partial charge is 0.392 e. The second-order valence-corrected chi connectivity index (χ2v) is 5.04. The number of nitrogens with zero attached hydrogens (tertiary/aromatic N) is 1. The third kappa shape index (κ3) is 3.67. The Bertz CT molecular complexity index is 361. The zero-order valence-electron chi connectivity index (χ0n) is 9.87. The Hall–Kier alpha value is -0.770. The first-order chi connectivity index (χ1) is 7.33. The lowest BCUT2D eigenvalue weighted by molar-refractivity contribution is 0.0885. The van der Waals surface area contributed by atoms with Crippen LogP contribution in [0, 0.1) is 0 Å². The van der Waals surface area contributed by atoms with Gasteiger partial charge in [-0.3, -0.25) is 0 Å². The van der Waals surface area contributed by atoms with Crippen LogP contribution in [0.2, 0.25) is 5.02 Å². The molecule has 3 nitrogen and oxygen atoms in total. The summed E-state index contributed by atoms with van der Waals surface area (Å²) in [6.45, 7) is 3.92. The van der Waals surface area contributed by atoms with Crippen molar-refractivity contribution in [3.8, 4) is 0 Å². The van der Waals surface area contributed by atoms with E-state index in [1.165, 1.54) is 0 Å². The number of rotatable bonds is 4. The summed E-state index contributed by atoms with van der Waals surface area (Å²) < 4.78 is 0. The highest BCUT2D eigenvalue weighted by molar-refractivity contribution is 6.30. The van der Waals surface area contributed by atoms with Gasteiger partial charge in [0.2, 0.25) is 0 Å².